The summed E-state index contributed by atoms with van der Waals surface area (Å²) < 4.78 is 6.84. The minimum absolute atomic E-state index is 0.258. The molecule has 0 aromatic carbocycles. The first-order chi connectivity index (χ1) is 8.66. The minimum atomic E-state index is -1.01. The lowest BCUT2D eigenvalue weighted by Gasteiger charge is -2.11. The molecule has 98 valence electrons. The molecule has 1 aliphatic rings. The second-order valence-electron chi connectivity index (χ2n) is 4.09. The van der Waals surface area contributed by atoms with Crippen molar-refractivity contribution < 1.29 is 19.4 Å². The molecule has 0 saturated carbocycles. The van der Waals surface area contributed by atoms with Gasteiger partial charge in [0.05, 0.1) is 6.54 Å². The quantitative estimate of drug-likeness (QED) is 0.747. The van der Waals surface area contributed by atoms with E-state index >= 15 is 0 Å². The van der Waals surface area contributed by atoms with Crippen molar-refractivity contribution in [2.45, 2.75) is 31.6 Å². The van der Waals surface area contributed by atoms with Crippen LogP contribution in [0.15, 0.2) is 18.5 Å². The third-order valence-corrected chi connectivity index (χ3v) is 2.79. The van der Waals surface area contributed by atoms with E-state index in [1.54, 1.807) is 23.1 Å². The van der Waals surface area contributed by atoms with Gasteiger partial charge in [-0.3, -0.25) is 9.48 Å². The van der Waals surface area contributed by atoms with E-state index in [1.165, 1.54) is 0 Å². The smallest absolute Gasteiger partial charge is 0.332 e. The van der Waals surface area contributed by atoms with Gasteiger partial charge in [-0.05, 0) is 18.9 Å². The fraction of sp³-hybridized carbons (Fsp3) is 0.545. The minimum Gasteiger partial charge on any atom is -0.479 e. The van der Waals surface area contributed by atoms with Crippen molar-refractivity contribution in [3.05, 3.63) is 18.5 Å². The molecule has 7 heteroatoms. The second kappa shape index (κ2) is 5.63. The lowest BCUT2D eigenvalue weighted by Crippen LogP contribution is -2.37. The van der Waals surface area contributed by atoms with Crippen LogP contribution in [0.2, 0.25) is 0 Å². The Morgan fingerprint density at radius 3 is 2.83 bits per heavy atom. The van der Waals surface area contributed by atoms with Crippen LogP contribution in [0.3, 0.4) is 0 Å². The number of carboxylic acids is 1. The Hall–Kier alpha value is -1.89. The highest BCUT2D eigenvalue weighted by Crippen LogP contribution is 2.19. The molecule has 0 spiro atoms. The van der Waals surface area contributed by atoms with Crippen LogP contribution < -0.4 is 5.32 Å². The highest BCUT2D eigenvalue weighted by Gasteiger charge is 2.34. The Balaban J connectivity index is 1.71. The van der Waals surface area contributed by atoms with Crippen LogP contribution in [0.25, 0.3) is 0 Å². The van der Waals surface area contributed by atoms with Crippen LogP contribution in [-0.4, -0.2) is 45.5 Å². The Labute approximate surface area is 104 Å². The molecule has 7 nitrogen and oxygen atoms in total. The molecule has 1 amide bonds. The zero-order valence-corrected chi connectivity index (χ0v) is 9.78. The molecule has 1 saturated heterocycles. The van der Waals surface area contributed by atoms with Crippen molar-refractivity contribution >= 4 is 11.9 Å². The maximum Gasteiger partial charge on any atom is 0.332 e. The van der Waals surface area contributed by atoms with Crippen LogP contribution in [0.4, 0.5) is 0 Å². The molecule has 1 aromatic heterocycles. The molecular formula is C11H15N3O4. The summed E-state index contributed by atoms with van der Waals surface area (Å²) in [5.74, 6) is -1.27. The molecule has 2 N–H and O–H groups in total. The number of rotatable bonds is 5. The van der Waals surface area contributed by atoms with E-state index < -0.39 is 18.2 Å². The van der Waals surface area contributed by atoms with E-state index in [0.29, 0.717) is 25.9 Å². The first kappa shape index (κ1) is 12.6. The zero-order valence-electron chi connectivity index (χ0n) is 9.78. The molecule has 0 radical (unpaired) electrons. The number of hydrogen-bond donors (Lipinski definition) is 2. The van der Waals surface area contributed by atoms with Gasteiger partial charge in [0.1, 0.15) is 6.10 Å². The van der Waals surface area contributed by atoms with Crippen molar-refractivity contribution in [1.29, 1.82) is 0 Å². The summed E-state index contributed by atoms with van der Waals surface area (Å²) in [6.07, 6.45) is 2.80. The fourth-order valence-corrected chi connectivity index (χ4v) is 1.85. The van der Waals surface area contributed by atoms with Gasteiger partial charge < -0.3 is 15.2 Å². The van der Waals surface area contributed by atoms with Crippen molar-refractivity contribution in [1.82, 2.24) is 15.1 Å². The SMILES string of the molecule is O=C(NCCn1cccn1)[C@@H]1CC[C@H](C(=O)O)O1. The Kier molecular flexibility index (Phi) is 3.93. The monoisotopic (exact) mass is 253 g/mol. The van der Waals surface area contributed by atoms with Crippen LogP contribution >= 0.6 is 0 Å². The Morgan fingerprint density at radius 2 is 2.22 bits per heavy atom. The summed E-state index contributed by atoms with van der Waals surface area (Å²) in [5, 5.41) is 15.5. The number of aromatic nitrogens is 2. The van der Waals surface area contributed by atoms with Gasteiger partial charge in [-0.15, -0.1) is 0 Å². The van der Waals surface area contributed by atoms with Crippen LogP contribution in [-0.2, 0) is 20.9 Å². The summed E-state index contributed by atoms with van der Waals surface area (Å²) in [5.41, 5.74) is 0. The molecule has 2 rings (SSSR count). The average Bonchev–Trinajstić information content (AvgIpc) is 2.99. The molecule has 0 bridgehead atoms. The largest absolute Gasteiger partial charge is 0.479 e. The molecule has 0 unspecified atom stereocenters. The number of nitrogens with zero attached hydrogens (tertiary/aromatic N) is 2. The van der Waals surface area contributed by atoms with Gasteiger partial charge in [0.2, 0.25) is 5.91 Å². The first-order valence-corrected chi connectivity index (χ1v) is 5.80. The summed E-state index contributed by atoms with van der Waals surface area (Å²) in [6.45, 7) is 1.02. The molecule has 1 fully saturated rings. The van der Waals surface area contributed by atoms with Gasteiger partial charge in [0.15, 0.2) is 6.10 Å². The van der Waals surface area contributed by atoms with Gasteiger partial charge in [-0.2, -0.15) is 5.10 Å². The lowest BCUT2D eigenvalue weighted by atomic mass is 10.2. The number of aliphatic carboxylic acids is 1. The third-order valence-electron chi connectivity index (χ3n) is 2.79. The summed E-state index contributed by atoms with van der Waals surface area (Å²) in [7, 11) is 0. The van der Waals surface area contributed by atoms with Gasteiger partial charge in [-0.25, -0.2) is 4.79 Å². The number of ether oxygens (including phenoxy) is 1. The van der Waals surface area contributed by atoms with Gasteiger partial charge >= 0.3 is 5.97 Å². The van der Waals surface area contributed by atoms with Gasteiger partial charge in [-0.1, -0.05) is 0 Å². The molecule has 2 atom stereocenters. The second-order valence-corrected chi connectivity index (χ2v) is 4.09. The average molecular weight is 253 g/mol. The van der Waals surface area contributed by atoms with Gasteiger partial charge in [0.25, 0.3) is 0 Å². The summed E-state index contributed by atoms with van der Waals surface area (Å²) in [6, 6.07) is 1.80. The van der Waals surface area contributed by atoms with Crippen molar-refractivity contribution in [2.24, 2.45) is 0 Å². The highest BCUT2D eigenvalue weighted by molar-refractivity contribution is 5.82. The maximum absolute atomic E-state index is 11.7. The number of carbonyl (C=O) groups is 2. The Bertz CT molecular complexity index is 418. The predicted octanol–water partition coefficient (Wildman–Crippen LogP) is -0.369. The van der Waals surface area contributed by atoms with Crippen LogP contribution in [0.1, 0.15) is 12.8 Å². The number of nitrogens with one attached hydrogen (secondary N) is 1. The van der Waals surface area contributed by atoms with E-state index in [1.807, 2.05) is 0 Å². The Morgan fingerprint density at radius 1 is 1.44 bits per heavy atom. The topological polar surface area (TPSA) is 93.5 Å². The molecule has 18 heavy (non-hydrogen) atoms. The first-order valence-electron chi connectivity index (χ1n) is 5.80. The van der Waals surface area contributed by atoms with E-state index in [-0.39, 0.29) is 5.91 Å². The highest BCUT2D eigenvalue weighted by atomic mass is 16.5. The standard InChI is InChI=1S/C11H15N3O4/c15-10(8-2-3-9(18-8)11(16)17)12-5-7-14-6-1-4-13-14/h1,4,6,8-9H,2-3,5,7H2,(H,12,15)(H,16,17)/t8-,9+/m0/s1. The van der Waals surface area contributed by atoms with Crippen molar-refractivity contribution in [3.63, 3.8) is 0 Å². The predicted molar refractivity (Wildman–Crippen MR) is 60.8 cm³/mol. The molecule has 1 aliphatic heterocycles. The molecular weight excluding hydrogens is 238 g/mol. The van der Waals surface area contributed by atoms with E-state index in [2.05, 4.69) is 10.4 Å². The zero-order chi connectivity index (χ0) is 13.0. The third kappa shape index (κ3) is 3.07. The summed E-state index contributed by atoms with van der Waals surface area (Å²) in [4.78, 5) is 22.4. The molecule has 1 aromatic rings. The van der Waals surface area contributed by atoms with E-state index in [4.69, 9.17) is 9.84 Å². The van der Waals surface area contributed by atoms with E-state index in [0.717, 1.165) is 0 Å². The lowest BCUT2D eigenvalue weighted by molar-refractivity contribution is -0.151. The molecule has 2 heterocycles. The number of carbonyl (C=O) groups excluding carboxylic acids is 1. The van der Waals surface area contributed by atoms with Crippen LogP contribution in [0, 0.1) is 0 Å². The fourth-order valence-electron chi connectivity index (χ4n) is 1.85. The number of hydrogen-bond acceptors (Lipinski definition) is 4. The van der Waals surface area contributed by atoms with Gasteiger partial charge in [0, 0.05) is 18.9 Å². The normalized spacial score (nSPS) is 22.9. The number of carboxylic acid groups (broad SMARTS) is 1. The van der Waals surface area contributed by atoms with Crippen molar-refractivity contribution in [3.8, 4) is 0 Å². The van der Waals surface area contributed by atoms with Crippen molar-refractivity contribution in [2.75, 3.05) is 6.54 Å². The number of amides is 1. The van der Waals surface area contributed by atoms with Crippen LogP contribution in [0.5, 0.6) is 0 Å². The maximum atomic E-state index is 11.7. The summed E-state index contributed by atoms with van der Waals surface area (Å²) >= 11 is 0. The molecule has 0 aliphatic carbocycles. The van der Waals surface area contributed by atoms with E-state index in [9.17, 15) is 9.59 Å².